The number of aromatic hydroxyl groups is 1. The summed E-state index contributed by atoms with van der Waals surface area (Å²) in [5.41, 5.74) is -0.286. The second-order valence-electron chi connectivity index (χ2n) is 4.73. The average Bonchev–Trinajstić information content (AvgIpc) is 2.77. The van der Waals surface area contributed by atoms with Crippen molar-refractivity contribution < 1.29 is 34.6 Å². The smallest absolute Gasteiger partial charge is 0.476 e. The standard InChI is InChI=1S/C12H13BN2O7/c16-9-5-14-12(20)15(9)8(13(21)22)4-6-2-1-3-7(10(6)17)11(18)19/h1-3,8,17,21-22H,4-5H2,(H,14,20)(H,18,19)/t8-/m0/s1. The van der Waals surface area contributed by atoms with Gasteiger partial charge in [-0.3, -0.25) is 9.69 Å². The number of phenols is 1. The molecule has 0 bridgehead atoms. The molecule has 0 aliphatic carbocycles. The Balaban J connectivity index is 2.33. The quantitative estimate of drug-likeness (QED) is 0.331. The highest BCUT2D eigenvalue weighted by Crippen LogP contribution is 2.25. The zero-order valence-corrected chi connectivity index (χ0v) is 11.3. The molecule has 1 atom stereocenters. The molecule has 2 rings (SSSR count). The summed E-state index contributed by atoms with van der Waals surface area (Å²) in [6, 6.07) is 3.14. The van der Waals surface area contributed by atoms with Gasteiger partial charge in [-0.2, -0.15) is 0 Å². The van der Waals surface area contributed by atoms with Crippen LogP contribution in [0, 0.1) is 0 Å². The number of carbonyl (C=O) groups excluding carboxylic acids is 2. The van der Waals surface area contributed by atoms with E-state index in [1.54, 1.807) is 0 Å². The number of aromatic carboxylic acids is 1. The van der Waals surface area contributed by atoms with Crippen molar-refractivity contribution in [3.05, 3.63) is 29.3 Å². The number of rotatable bonds is 5. The predicted molar refractivity (Wildman–Crippen MR) is 73.0 cm³/mol. The number of benzene rings is 1. The van der Waals surface area contributed by atoms with Gasteiger partial charge >= 0.3 is 19.1 Å². The Morgan fingerprint density at radius 1 is 1.36 bits per heavy atom. The Morgan fingerprint density at radius 3 is 2.55 bits per heavy atom. The minimum atomic E-state index is -2.04. The van der Waals surface area contributed by atoms with Gasteiger partial charge in [-0.25, -0.2) is 9.59 Å². The topological polar surface area (TPSA) is 147 Å². The van der Waals surface area contributed by atoms with Crippen molar-refractivity contribution in [3.63, 3.8) is 0 Å². The molecule has 1 aromatic rings. The van der Waals surface area contributed by atoms with Crippen molar-refractivity contribution in [2.24, 2.45) is 0 Å². The Kier molecular flexibility index (Phi) is 4.34. The molecule has 3 amide bonds. The Bertz CT molecular complexity index is 618. The largest absolute Gasteiger partial charge is 0.507 e. The molecule has 116 valence electrons. The Labute approximate surface area is 124 Å². The predicted octanol–water partition coefficient (Wildman–Crippen LogP) is -1.43. The third-order valence-electron chi connectivity index (χ3n) is 3.33. The lowest BCUT2D eigenvalue weighted by Gasteiger charge is -2.24. The molecule has 22 heavy (non-hydrogen) atoms. The maximum Gasteiger partial charge on any atom is 0.476 e. The molecule has 0 spiro atoms. The molecule has 1 heterocycles. The van der Waals surface area contributed by atoms with E-state index >= 15 is 0 Å². The number of carbonyl (C=O) groups is 3. The van der Waals surface area contributed by atoms with Crippen molar-refractivity contribution in [3.8, 4) is 5.75 Å². The van der Waals surface area contributed by atoms with Crippen LogP contribution in [-0.4, -0.2) is 62.7 Å². The van der Waals surface area contributed by atoms with Crippen LogP contribution in [-0.2, 0) is 11.2 Å². The van der Waals surface area contributed by atoms with Gasteiger partial charge in [0.05, 0.1) is 12.5 Å². The maximum atomic E-state index is 11.6. The molecule has 0 saturated carbocycles. The van der Waals surface area contributed by atoms with Gasteiger partial charge in [0.2, 0.25) is 5.91 Å². The van der Waals surface area contributed by atoms with Crippen molar-refractivity contribution >= 4 is 25.0 Å². The number of carboxylic acids is 1. The summed E-state index contributed by atoms with van der Waals surface area (Å²) in [5.74, 6) is -3.88. The van der Waals surface area contributed by atoms with Gasteiger partial charge in [-0.15, -0.1) is 0 Å². The van der Waals surface area contributed by atoms with E-state index < -0.39 is 36.7 Å². The van der Waals surface area contributed by atoms with E-state index in [1.807, 2.05) is 0 Å². The summed E-state index contributed by atoms with van der Waals surface area (Å²) >= 11 is 0. The van der Waals surface area contributed by atoms with Crippen LogP contribution in [0.4, 0.5) is 4.79 Å². The minimum absolute atomic E-state index is 0.0745. The third kappa shape index (κ3) is 2.87. The summed E-state index contributed by atoms with van der Waals surface area (Å²) < 4.78 is 0. The third-order valence-corrected chi connectivity index (χ3v) is 3.33. The summed E-state index contributed by atoms with van der Waals surface area (Å²) in [4.78, 5) is 34.9. The first-order chi connectivity index (χ1) is 10.3. The molecular weight excluding hydrogens is 295 g/mol. The molecule has 0 unspecified atom stereocenters. The van der Waals surface area contributed by atoms with E-state index in [-0.39, 0.29) is 24.1 Å². The molecule has 1 fully saturated rings. The second-order valence-corrected chi connectivity index (χ2v) is 4.73. The zero-order chi connectivity index (χ0) is 16.4. The molecule has 1 aromatic carbocycles. The van der Waals surface area contributed by atoms with Crippen LogP contribution in [0.1, 0.15) is 15.9 Å². The lowest BCUT2D eigenvalue weighted by molar-refractivity contribution is -0.125. The molecule has 10 heteroatoms. The van der Waals surface area contributed by atoms with Gasteiger partial charge in [-0.1, -0.05) is 12.1 Å². The van der Waals surface area contributed by atoms with Crippen molar-refractivity contribution in [2.75, 3.05) is 6.54 Å². The molecule has 1 aliphatic rings. The SMILES string of the molecule is O=C(O)c1cccc(C[C@@H](B(O)O)N2C(=O)CNC2=O)c1O. The molecular formula is C12H13BN2O7. The summed E-state index contributed by atoms with van der Waals surface area (Å²) in [7, 11) is -2.04. The number of carboxylic acid groups (broad SMARTS) is 1. The van der Waals surface area contributed by atoms with Gasteiger partial charge in [0, 0.05) is 0 Å². The van der Waals surface area contributed by atoms with E-state index in [9.17, 15) is 29.5 Å². The van der Waals surface area contributed by atoms with Gasteiger partial charge in [0.1, 0.15) is 11.3 Å². The average molecular weight is 308 g/mol. The number of urea groups is 1. The fourth-order valence-corrected chi connectivity index (χ4v) is 2.25. The molecule has 1 saturated heterocycles. The highest BCUT2D eigenvalue weighted by molar-refractivity contribution is 6.44. The van der Waals surface area contributed by atoms with Crippen LogP contribution in [0.5, 0.6) is 5.75 Å². The maximum absolute atomic E-state index is 11.6. The van der Waals surface area contributed by atoms with Crippen molar-refractivity contribution in [2.45, 2.75) is 12.4 Å². The lowest BCUT2D eigenvalue weighted by Crippen LogP contribution is -2.51. The van der Waals surface area contributed by atoms with Crippen LogP contribution in [0.25, 0.3) is 0 Å². The number of para-hydroxylation sites is 1. The van der Waals surface area contributed by atoms with Crippen molar-refractivity contribution in [1.82, 2.24) is 10.2 Å². The molecule has 0 aromatic heterocycles. The monoisotopic (exact) mass is 308 g/mol. The minimum Gasteiger partial charge on any atom is -0.507 e. The summed E-state index contributed by atoms with van der Waals surface area (Å²) in [6.45, 7) is -0.261. The Morgan fingerprint density at radius 2 is 2.05 bits per heavy atom. The lowest BCUT2D eigenvalue weighted by atomic mass is 9.74. The second kappa shape index (κ2) is 6.04. The van der Waals surface area contributed by atoms with E-state index in [0.717, 1.165) is 0 Å². The van der Waals surface area contributed by atoms with Crippen LogP contribution >= 0.6 is 0 Å². The van der Waals surface area contributed by atoms with E-state index in [2.05, 4.69) is 5.32 Å². The van der Waals surface area contributed by atoms with Crippen LogP contribution < -0.4 is 5.32 Å². The van der Waals surface area contributed by atoms with E-state index in [0.29, 0.717) is 4.90 Å². The highest BCUT2D eigenvalue weighted by Gasteiger charge is 2.41. The van der Waals surface area contributed by atoms with E-state index in [4.69, 9.17) is 5.11 Å². The van der Waals surface area contributed by atoms with E-state index in [1.165, 1.54) is 18.2 Å². The van der Waals surface area contributed by atoms with Gasteiger partial charge in [0.25, 0.3) is 0 Å². The number of imide groups is 1. The molecule has 1 aliphatic heterocycles. The number of hydrogen-bond acceptors (Lipinski definition) is 6. The fourth-order valence-electron chi connectivity index (χ4n) is 2.25. The first-order valence-corrected chi connectivity index (χ1v) is 6.33. The van der Waals surface area contributed by atoms with Crippen LogP contribution in [0.2, 0.25) is 0 Å². The Hall–Kier alpha value is -2.59. The van der Waals surface area contributed by atoms with Crippen LogP contribution in [0.3, 0.4) is 0 Å². The number of amides is 3. The molecule has 0 radical (unpaired) electrons. The first-order valence-electron chi connectivity index (χ1n) is 6.33. The fraction of sp³-hybridized carbons (Fsp3) is 0.250. The zero-order valence-electron chi connectivity index (χ0n) is 11.3. The summed E-state index contributed by atoms with van der Waals surface area (Å²) in [5, 5.41) is 39.9. The normalized spacial score (nSPS) is 15.6. The number of nitrogens with zero attached hydrogens (tertiary/aromatic N) is 1. The number of hydrogen-bond donors (Lipinski definition) is 5. The highest BCUT2D eigenvalue weighted by atomic mass is 16.4. The number of nitrogens with one attached hydrogen (secondary N) is 1. The molecule has 5 N–H and O–H groups in total. The van der Waals surface area contributed by atoms with Gasteiger partial charge in [-0.05, 0) is 18.1 Å². The van der Waals surface area contributed by atoms with Gasteiger partial charge < -0.3 is 25.6 Å². The molecule has 9 nitrogen and oxygen atoms in total. The summed E-state index contributed by atoms with van der Waals surface area (Å²) in [6.07, 6.45) is -0.302. The van der Waals surface area contributed by atoms with Gasteiger partial charge in [0.15, 0.2) is 0 Å². The first kappa shape index (κ1) is 15.8. The van der Waals surface area contributed by atoms with Crippen molar-refractivity contribution in [1.29, 1.82) is 0 Å². The van der Waals surface area contributed by atoms with Crippen LogP contribution in [0.15, 0.2) is 18.2 Å².